The molecule has 2 atom stereocenters. The van der Waals surface area contributed by atoms with E-state index in [1.165, 1.54) is 18.2 Å². The molecule has 0 saturated heterocycles. The Kier molecular flexibility index (Phi) is 3.76. The molecule has 2 unspecified atom stereocenters. The lowest BCUT2D eigenvalue weighted by molar-refractivity contribution is 0.107. The molecular weight excluding hydrogens is 236 g/mol. The normalized spacial score (nSPS) is 23.0. The van der Waals surface area contributed by atoms with Crippen LogP contribution >= 0.6 is 0 Å². The van der Waals surface area contributed by atoms with Crippen molar-refractivity contribution >= 4 is 10.9 Å². The highest BCUT2D eigenvalue weighted by Gasteiger charge is 2.23. The second kappa shape index (κ2) is 5.68. The van der Waals surface area contributed by atoms with Gasteiger partial charge in [0.05, 0.1) is 17.3 Å². The van der Waals surface area contributed by atoms with Gasteiger partial charge in [0.2, 0.25) is 0 Å². The lowest BCUT2D eigenvalue weighted by Gasteiger charge is -2.12. The summed E-state index contributed by atoms with van der Waals surface area (Å²) >= 11 is 0. The van der Waals surface area contributed by atoms with Gasteiger partial charge in [-0.05, 0) is 31.4 Å². The predicted octanol–water partition coefficient (Wildman–Crippen LogP) is 2.89. The van der Waals surface area contributed by atoms with Gasteiger partial charge in [0.25, 0.3) is 0 Å². The Morgan fingerprint density at radius 3 is 2.95 bits per heavy atom. The van der Waals surface area contributed by atoms with Gasteiger partial charge < -0.3 is 10.1 Å². The van der Waals surface area contributed by atoms with E-state index in [9.17, 15) is 0 Å². The molecule has 2 aromatic rings. The van der Waals surface area contributed by atoms with E-state index in [1.54, 1.807) is 7.11 Å². The van der Waals surface area contributed by atoms with Crippen LogP contribution in [0.1, 0.15) is 25.0 Å². The zero-order chi connectivity index (χ0) is 13.1. The summed E-state index contributed by atoms with van der Waals surface area (Å²) < 4.78 is 5.40. The van der Waals surface area contributed by atoms with Crippen LogP contribution in [0.4, 0.5) is 0 Å². The Morgan fingerprint density at radius 1 is 1.21 bits per heavy atom. The van der Waals surface area contributed by atoms with Crippen LogP contribution < -0.4 is 5.32 Å². The summed E-state index contributed by atoms with van der Waals surface area (Å²) in [5.41, 5.74) is 2.18. The molecule has 100 valence electrons. The summed E-state index contributed by atoms with van der Waals surface area (Å²) in [7, 11) is 1.80. The van der Waals surface area contributed by atoms with Gasteiger partial charge >= 0.3 is 0 Å². The molecule has 3 heteroatoms. The van der Waals surface area contributed by atoms with Crippen LogP contribution in [0.3, 0.4) is 0 Å². The first-order chi connectivity index (χ1) is 9.35. The van der Waals surface area contributed by atoms with E-state index < -0.39 is 0 Å². The number of ether oxygens (including phenoxy) is 1. The van der Waals surface area contributed by atoms with Crippen molar-refractivity contribution in [3.63, 3.8) is 0 Å². The fourth-order valence-electron chi connectivity index (χ4n) is 2.80. The largest absolute Gasteiger partial charge is 0.381 e. The van der Waals surface area contributed by atoms with Gasteiger partial charge in [-0.15, -0.1) is 0 Å². The fraction of sp³-hybridized carbons (Fsp3) is 0.438. The van der Waals surface area contributed by atoms with Crippen molar-refractivity contribution in [3.8, 4) is 0 Å². The fourth-order valence-corrected chi connectivity index (χ4v) is 2.80. The summed E-state index contributed by atoms with van der Waals surface area (Å²) in [5.74, 6) is 0. The Morgan fingerprint density at radius 2 is 2.11 bits per heavy atom. The van der Waals surface area contributed by atoms with Crippen molar-refractivity contribution in [2.45, 2.75) is 38.0 Å². The second-order valence-electron chi connectivity index (χ2n) is 5.24. The van der Waals surface area contributed by atoms with E-state index >= 15 is 0 Å². The highest BCUT2D eigenvalue weighted by molar-refractivity contribution is 5.78. The molecule has 0 radical (unpaired) electrons. The molecule has 1 heterocycles. The molecule has 19 heavy (non-hydrogen) atoms. The molecule has 0 bridgehead atoms. The molecule has 1 aromatic carbocycles. The molecule has 0 spiro atoms. The van der Waals surface area contributed by atoms with Crippen LogP contribution in [0.2, 0.25) is 0 Å². The highest BCUT2D eigenvalue weighted by Crippen LogP contribution is 2.21. The third-order valence-electron chi connectivity index (χ3n) is 3.95. The number of nitrogens with zero attached hydrogens (tertiary/aromatic N) is 1. The summed E-state index contributed by atoms with van der Waals surface area (Å²) in [6, 6.07) is 13.1. The number of para-hydroxylation sites is 1. The van der Waals surface area contributed by atoms with E-state index in [0.717, 1.165) is 24.2 Å². The van der Waals surface area contributed by atoms with E-state index in [0.29, 0.717) is 12.1 Å². The van der Waals surface area contributed by atoms with E-state index in [2.05, 4.69) is 34.6 Å². The van der Waals surface area contributed by atoms with Crippen molar-refractivity contribution < 1.29 is 4.74 Å². The third kappa shape index (κ3) is 2.94. The topological polar surface area (TPSA) is 34.1 Å². The minimum Gasteiger partial charge on any atom is -0.381 e. The summed E-state index contributed by atoms with van der Waals surface area (Å²) in [6.45, 7) is 0.839. The number of pyridine rings is 1. The average Bonchev–Trinajstić information content (AvgIpc) is 2.93. The number of nitrogens with one attached hydrogen (secondary N) is 1. The van der Waals surface area contributed by atoms with Gasteiger partial charge in [0.1, 0.15) is 0 Å². The van der Waals surface area contributed by atoms with Crippen LogP contribution in [0.15, 0.2) is 36.4 Å². The molecule has 1 aromatic heterocycles. The maximum atomic E-state index is 5.40. The first kappa shape index (κ1) is 12.6. The number of aromatic nitrogens is 1. The number of benzene rings is 1. The molecule has 1 N–H and O–H groups in total. The standard InChI is InChI=1S/C16H20N2O/c1-19-15-9-8-13(10-15)17-11-14-7-6-12-4-2-3-5-16(12)18-14/h2-7,13,15,17H,8-11H2,1H3. The van der Waals surface area contributed by atoms with E-state index in [4.69, 9.17) is 4.74 Å². The molecular formula is C16H20N2O. The molecule has 1 aliphatic carbocycles. The van der Waals surface area contributed by atoms with Crippen LogP contribution in [-0.2, 0) is 11.3 Å². The van der Waals surface area contributed by atoms with E-state index in [-0.39, 0.29) is 0 Å². The van der Waals surface area contributed by atoms with Crippen LogP contribution in [0.25, 0.3) is 10.9 Å². The molecule has 1 fully saturated rings. The minimum atomic E-state index is 0.432. The Hall–Kier alpha value is -1.45. The lowest BCUT2D eigenvalue weighted by Crippen LogP contribution is -2.27. The monoisotopic (exact) mass is 256 g/mol. The second-order valence-corrected chi connectivity index (χ2v) is 5.24. The summed E-state index contributed by atoms with van der Waals surface area (Å²) in [6.07, 6.45) is 3.91. The van der Waals surface area contributed by atoms with Crippen molar-refractivity contribution in [1.82, 2.24) is 10.3 Å². The van der Waals surface area contributed by atoms with E-state index in [1.807, 2.05) is 12.1 Å². The van der Waals surface area contributed by atoms with Crippen molar-refractivity contribution in [2.75, 3.05) is 7.11 Å². The van der Waals surface area contributed by atoms with Gasteiger partial charge in [-0.1, -0.05) is 24.3 Å². The molecule has 0 amide bonds. The SMILES string of the molecule is COC1CCC(NCc2ccc3ccccc3n2)C1. The molecule has 0 aliphatic heterocycles. The maximum absolute atomic E-state index is 5.40. The lowest BCUT2D eigenvalue weighted by atomic mass is 10.2. The van der Waals surface area contributed by atoms with Crippen molar-refractivity contribution in [3.05, 3.63) is 42.1 Å². The van der Waals surface area contributed by atoms with Gasteiger partial charge in [0, 0.05) is 25.1 Å². The molecule has 3 nitrogen and oxygen atoms in total. The average molecular weight is 256 g/mol. The predicted molar refractivity (Wildman–Crippen MR) is 77.0 cm³/mol. The third-order valence-corrected chi connectivity index (χ3v) is 3.95. The van der Waals surface area contributed by atoms with Crippen molar-refractivity contribution in [1.29, 1.82) is 0 Å². The minimum absolute atomic E-state index is 0.432. The van der Waals surface area contributed by atoms with Crippen LogP contribution in [0.5, 0.6) is 0 Å². The van der Waals surface area contributed by atoms with Crippen molar-refractivity contribution in [2.24, 2.45) is 0 Å². The van der Waals surface area contributed by atoms with Gasteiger partial charge in [-0.2, -0.15) is 0 Å². The molecule has 1 saturated carbocycles. The quantitative estimate of drug-likeness (QED) is 0.913. The number of hydrogen-bond acceptors (Lipinski definition) is 3. The summed E-state index contributed by atoms with van der Waals surface area (Å²) in [5, 5.41) is 4.78. The number of rotatable bonds is 4. The molecule has 3 rings (SSSR count). The Bertz CT molecular complexity index is 555. The van der Waals surface area contributed by atoms with Gasteiger partial charge in [-0.25, -0.2) is 0 Å². The Balaban J connectivity index is 1.62. The smallest absolute Gasteiger partial charge is 0.0705 e. The van der Waals surface area contributed by atoms with Gasteiger partial charge in [-0.3, -0.25) is 4.98 Å². The first-order valence-electron chi connectivity index (χ1n) is 6.96. The number of fused-ring (bicyclic) bond motifs is 1. The highest BCUT2D eigenvalue weighted by atomic mass is 16.5. The summed E-state index contributed by atoms with van der Waals surface area (Å²) in [4.78, 5) is 4.68. The number of methoxy groups -OCH3 is 1. The molecule has 1 aliphatic rings. The van der Waals surface area contributed by atoms with Gasteiger partial charge in [0.15, 0.2) is 0 Å². The maximum Gasteiger partial charge on any atom is 0.0705 e. The zero-order valence-corrected chi connectivity index (χ0v) is 11.3. The zero-order valence-electron chi connectivity index (χ0n) is 11.3. The van der Waals surface area contributed by atoms with Crippen LogP contribution in [0, 0.1) is 0 Å². The Labute approximate surface area is 114 Å². The first-order valence-corrected chi connectivity index (χ1v) is 6.96. The van der Waals surface area contributed by atoms with Crippen LogP contribution in [-0.4, -0.2) is 24.2 Å². The number of hydrogen-bond donors (Lipinski definition) is 1.